The third-order valence-corrected chi connectivity index (χ3v) is 2.19. The molecule has 1 atom stereocenters. The molecule has 1 unspecified atom stereocenters. The van der Waals surface area contributed by atoms with Crippen LogP contribution in [0.4, 0.5) is 4.39 Å². The molecule has 0 aliphatic carbocycles. The molecule has 0 radical (unpaired) electrons. The number of hydrogen-bond donors (Lipinski definition) is 2. The molecule has 0 aliphatic heterocycles. The van der Waals surface area contributed by atoms with E-state index in [4.69, 9.17) is 5.73 Å². The number of aryl methyl sites for hydroxylation is 1. The second-order valence-electron chi connectivity index (χ2n) is 3.30. The average Bonchev–Trinajstić information content (AvgIpc) is 2.10. The van der Waals surface area contributed by atoms with Crippen LogP contribution in [0.1, 0.15) is 24.0 Å². The summed E-state index contributed by atoms with van der Waals surface area (Å²) < 4.78 is 13.1. The fraction of sp³-hybridized carbons (Fsp3) is 0.400. The standard InChI is InChI=1S/C10H14FNO/c1-6-3-10(13)8(4-9(6)11)7(2)5-12/h3-4,7,13H,5,12H2,1-2H3. The Morgan fingerprint density at radius 1 is 1.54 bits per heavy atom. The number of halogens is 1. The molecule has 1 aromatic carbocycles. The molecular weight excluding hydrogens is 169 g/mol. The van der Waals surface area contributed by atoms with Gasteiger partial charge < -0.3 is 10.8 Å². The van der Waals surface area contributed by atoms with Crippen LogP contribution in [0, 0.1) is 12.7 Å². The van der Waals surface area contributed by atoms with Crippen molar-refractivity contribution in [2.24, 2.45) is 5.73 Å². The summed E-state index contributed by atoms with van der Waals surface area (Å²) in [5.41, 5.74) is 6.45. The minimum Gasteiger partial charge on any atom is -0.508 e. The molecule has 0 saturated heterocycles. The zero-order valence-electron chi connectivity index (χ0n) is 7.84. The summed E-state index contributed by atoms with van der Waals surface area (Å²) in [5.74, 6) is -0.194. The highest BCUT2D eigenvalue weighted by Gasteiger charge is 2.11. The second-order valence-corrected chi connectivity index (χ2v) is 3.30. The smallest absolute Gasteiger partial charge is 0.126 e. The zero-order valence-corrected chi connectivity index (χ0v) is 7.84. The molecule has 3 heteroatoms. The van der Waals surface area contributed by atoms with Gasteiger partial charge in [0.2, 0.25) is 0 Å². The first kappa shape index (κ1) is 9.99. The van der Waals surface area contributed by atoms with Gasteiger partial charge in [0.05, 0.1) is 0 Å². The van der Waals surface area contributed by atoms with Gasteiger partial charge in [0.25, 0.3) is 0 Å². The molecule has 72 valence electrons. The van der Waals surface area contributed by atoms with Gasteiger partial charge in [0.1, 0.15) is 11.6 Å². The Labute approximate surface area is 77.2 Å². The van der Waals surface area contributed by atoms with Crippen LogP contribution in [0.5, 0.6) is 5.75 Å². The highest BCUT2D eigenvalue weighted by Crippen LogP contribution is 2.27. The van der Waals surface area contributed by atoms with Gasteiger partial charge in [-0.1, -0.05) is 6.92 Å². The van der Waals surface area contributed by atoms with Gasteiger partial charge in [-0.05, 0) is 37.1 Å². The maximum atomic E-state index is 13.1. The van der Waals surface area contributed by atoms with Gasteiger partial charge >= 0.3 is 0 Å². The van der Waals surface area contributed by atoms with E-state index in [1.54, 1.807) is 6.92 Å². The van der Waals surface area contributed by atoms with E-state index in [0.29, 0.717) is 17.7 Å². The van der Waals surface area contributed by atoms with Crippen molar-refractivity contribution in [2.75, 3.05) is 6.54 Å². The maximum Gasteiger partial charge on any atom is 0.126 e. The van der Waals surface area contributed by atoms with Crippen LogP contribution in [0.25, 0.3) is 0 Å². The van der Waals surface area contributed by atoms with Crippen LogP contribution in [-0.4, -0.2) is 11.7 Å². The highest BCUT2D eigenvalue weighted by molar-refractivity contribution is 5.39. The number of aromatic hydroxyl groups is 1. The van der Waals surface area contributed by atoms with Gasteiger partial charge in [0.15, 0.2) is 0 Å². The lowest BCUT2D eigenvalue weighted by Crippen LogP contribution is -2.09. The van der Waals surface area contributed by atoms with E-state index in [2.05, 4.69) is 0 Å². The summed E-state index contributed by atoms with van der Waals surface area (Å²) in [6, 6.07) is 2.78. The summed E-state index contributed by atoms with van der Waals surface area (Å²) in [6.45, 7) is 3.87. The Hall–Kier alpha value is -1.09. The molecule has 0 aromatic heterocycles. The molecule has 0 fully saturated rings. The monoisotopic (exact) mass is 183 g/mol. The molecule has 1 rings (SSSR count). The zero-order chi connectivity index (χ0) is 10.0. The van der Waals surface area contributed by atoms with Gasteiger partial charge in [-0.3, -0.25) is 0 Å². The topological polar surface area (TPSA) is 46.2 Å². The van der Waals surface area contributed by atoms with Crippen LogP contribution >= 0.6 is 0 Å². The highest BCUT2D eigenvalue weighted by atomic mass is 19.1. The molecule has 0 aliphatic rings. The predicted molar refractivity (Wildman–Crippen MR) is 50.3 cm³/mol. The molecule has 13 heavy (non-hydrogen) atoms. The van der Waals surface area contributed by atoms with Gasteiger partial charge in [-0.25, -0.2) is 4.39 Å². The first-order valence-corrected chi connectivity index (χ1v) is 4.25. The van der Waals surface area contributed by atoms with Crippen molar-refractivity contribution in [1.82, 2.24) is 0 Å². The van der Waals surface area contributed by atoms with Gasteiger partial charge in [0, 0.05) is 5.56 Å². The van der Waals surface area contributed by atoms with Crippen LogP contribution < -0.4 is 5.73 Å². The molecule has 0 heterocycles. The minimum absolute atomic E-state index is 0.0184. The molecule has 1 aromatic rings. The van der Waals surface area contributed by atoms with Crippen LogP contribution in [-0.2, 0) is 0 Å². The molecule has 2 nitrogen and oxygen atoms in total. The summed E-state index contributed by atoms with van der Waals surface area (Å²) in [7, 11) is 0. The number of phenolic OH excluding ortho intramolecular Hbond substituents is 1. The van der Waals surface area contributed by atoms with Crippen molar-refractivity contribution in [3.05, 3.63) is 29.1 Å². The Morgan fingerprint density at radius 2 is 2.15 bits per heavy atom. The summed E-state index contributed by atoms with van der Waals surface area (Å²) in [5, 5.41) is 9.50. The van der Waals surface area contributed by atoms with E-state index in [9.17, 15) is 9.50 Å². The van der Waals surface area contributed by atoms with E-state index in [1.807, 2.05) is 6.92 Å². The van der Waals surface area contributed by atoms with Crippen LogP contribution in [0.3, 0.4) is 0 Å². The first-order valence-electron chi connectivity index (χ1n) is 4.25. The Balaban J connectivity index is 3.15. The SMILES string of the molecule is Cc1cc(O)c(C(C)CN)cc1F. The molecular formula is C10H14FNO. The fourth-order valence-electron chi connectivity index (χ4n) is 1.20. The third-order valence-electron chi connectivity index (χ3n) is 2.19. The number of rotatable bonds is 2. The van der Waals surface area contributed by atoms with Crippen molar-refractivity contribution in [2.45, 2.75) is 19.8 Å². The largest absolute Gasteiger partial charge is 0.508 e. The average molecular weight is 183 g/mol. The molecule has 3 N–H and O–H groups in total. The maximum absolute atomic E-state index is 13.1. The second kappa shape index (κ2) is 3.75. The predicted octanol–water partition coefficient (Wildman–Crippen LogP) is 1.90. The van der Waals surface area contributed by atoms with E-state index in [-0.39, 0.29) is 17.5 Å². The van der Waals surface area contributed by atoms with Crippen molar-refractivity contribution in [1.29, 1.82) is 0 Å². The quantitative estimate of drug-likeness (QED) is 0.735. The molecule has 0 saturated carbocycles. The molecule has 0 spiro atoms. The lowest BCUT2D eigenvalue weighted by atomic mass is 9.99. The third kappa shape index (κ3) is 1.98. The molecule has 0 bridgehead atoms. The first-order chi connectivity index (χ1) is 6.06. The normalized spacial score (nSPS) is 12.9. The van der Waals surface area contributed by atoms with E-state index in [1.165, 1.54) is 12.1 Å². The number of hydrogen-bond acceptors (Lipinski definition) is 2. The van der Waals surface area contributed by atoms with Crippen molar-refractivity contribution in [3.8, 4) is 5.75 Å². The Morgan fingerprint density at radius 3 is 2.69 bits per heavy atom. The molecule has 0 amide bonds. The van der Waals surface area contributed by atoms with Crippen LogP contribution in [0.2, 0.25) is 0 Å². The summed E-state index contributed by atoms with van der Waals surface area (Å²) >= 11 is 0. The number of nitrogens with two attached hydrogens (primary N) is 1. The fourth-order valence-corrected chi connectivity index (χ4v) is 1.20. The van der Waals surface area contributed by atoms with Crippen molar-refractivity contribution < 1.29 is 9.50 Å². The van der Waals surface area contributed by atoms with E-state index in [0.717, 1.165) is 0 Å². The lowest BCUT2D eigenvalue weighted by Gasteiger charge is -2.11. The minimum atomic E-state index is -0.298. The van der Waals surface area contributed by atoms with Gasteiger partial charge in [-0.2, -0.15) is 0 Å². The number of benzene rings is 1. The van der Waals surface area contributed by atoms with Crippen molar-refractivity contribution >= 4 is 0 Å². The van der Waals surface area contributed by atoms with E-state index >= 15 is 0 Å². The van der Waals surface area contributed by atoms with Crippen molar-refractivity contribution in [3.63, 3.8) is 0 Å². The number of phenols is 1. The van der Waals surface area contributed by atoms with E-state index < -0.39 is 0 Å². The lowest BCUT2D eigenvalue weighted by molar-refractivity contribution is 0.459. The summed E-state index contributed by atoms with van der Waals surface area (Å²) in [6.07, 6.45) is 0. The Bertz CT molecular complexity index is 312. The summed E-state index contributed by atoms with van der Waals surface area (Å²) in [4.78, 5) is 0. The van der Waals surface area contributed by atoms with Gasteiger partial charge in [-0.15, -0.1) is 0 Å². The Kier molecular flexibility index (Phi) is 2.88. The van der Waals surface area contributed by atoms with Crippen LogP contribution in [0.15, 0.2) is 12.1 Å².